The van der Waals surface area contributed by atoms with Crippen molar-refractivity contribution in [2.45, 2.75) is 37.1 Å². The first kappa shape index (κ1) is 23.5. The molecule has 1 aliphatic carbocycles. The van der Waals surface area contributed by atoms with E-state index < -0.39 is 11.7 Å². The third kappa shape index (κ3) is 6.65. The minimum atomic E-state index is -0.653. The summed E-state index contributed by atoms with van der Waals surface area (Å²) in [4.78, 5) is 13.3. The number of halogens is 2. The van der Waals surface area contributed by atoms with Crippen LogP contribution in [0.5, 0.6) is 5.75 Å². The second-order valence-corrected chi connectivity index (χ2v) is 9.41. The number of hydrogen-bond donors (Lipinski definition) is 2. The van der Waals surface area contributed by atoms with Gasteiger partial charge in [-0.2, -0.15) is 0 Å². The van der Waals surface area contributed by atoms with Gasteiger partial charge >= 0.3 is 0 Å². The minimum Gasteiger partial charge on any atom is -0.492 e. The fourth-order valence-electron chi connectivity index (χ4n) is 3.80. The third-order valence-corrected chi connectivity index (χ3v) is 6.76. The van der Waals surface area contributed by atoms with Crippen LogP contribution in [0.4, 0.5) is 10.1 Å². The van der Waals surface area contributed by atoms with Gasteiger partial charge in [-0.25, -0.2) is 4.39 Å². The maximum absolute atomic E-state index is 14.6. The van der Waals surface area contributed by atoms with Crippen molar-refractivity contribution < 1.29 is 13.9 Å². The zero-order chi connectivity index (χ0) is 23.0. The van der Waals surface area contributed by atoms with Gasteiger partial charge in [-0.05, 0) is 66.6 Å². The number of carbonyl (C=O) groups excluding carboxylic acids is 1. The second-order valence-electron chi connectivity index (χ2n) is 8.12. The Labute approximate surface area is 203 Å². The SMILES string of the molecule is O=C(NSc1ccc(NCc2ccccc2)cc1)c1cc(Cl)c(OCC2CCCC2)cc1F. The quantitative estimate of drug-likeness (QED) is 0.318. The van der Waals surface area contributed by atoms with E-state index in [9.17, 15) is 9.18 Å². The molecule has 1 fully saturated rings. The van der Waals surface area contributed by atoms with Crippen LogP contribution in [0, 0.1) is 11.7 Å². The van der Waals surface area contributed by atoms with E-state index in [2.05, 4.69) is 22.2 Å². The Morgan fingerprint density at radius 3 is 2.52 bits per heavy atom. The summed E-state index contributed by atoms with van der Waals surface area (Å²) >= 11 is 7.38. The van der Waals surface area contributed by atoms with E-state index in [0.717, 1.165) is 41.9 Å². The van der Waals surface area contributed by atoms with Crippen molar-refractivity contribution >= 4 is 35.1 Å². The fourth-order valence-corrected chi connectivity index (χ4v) is 4.61. The van der Waals surface area contributed by atoms with Gasteiger partial charge in [0.05, 0.1) is 17.2 Å². The molecule has 0 unspecified atom stereocenters. The van der Waals surface area contributed by atoms with Crippen molar-refractivity contribution in [1.82, 2.24) is 4.72 Å². The van der Waals surface area contributed by atoms with E-state index in [4.69, 9.17) is 16.3 Å². The predicted octanol–water partition coefficient (Wildman–Crippen LogP) is 7.10. The molecule has 0 radical (unpaired) electrons. The van der Waals surface area contributed by atoms with Gasteiger partial charge in [-0.1, -0.05) is 54.8 Å². The molecular weight excluding hydrogens is 459 g/mol. The highest BCUT2D eigenvalue weighted by Gasteiger charge is 2.19. The molecule has 3 aromatic rings. The zero-order valence-corrected chi connectivity index (χ0v) is 19.7. The minimum absolute atomic E-state index is 0.109. The van der Waals surface area contributed by atoms with Crippen LogP contribution in [0.2, 0.25) is 5.02 Å². The van der Waals surface area contributed by atoms with Gasteiger partial charge in [-0.15, -0.1) is 0 Å². The summed E-state index contributed by atoms with van der Waals surface area (Å²) in [5.41, 5.74) is 2.06. The smallest absolute Gasteiger partial charge is 0.264 e. The van der Waals surface area contributed by atoms with Crippen LogP contribution in [-0.4, -0.2) is 12.5 Å². The van der Waals surface area contributed by atoms with Gasteiger partial charge in [-0.3, -0.25) is 9.52 Å². The highest BCUT2D eigenvalue weighted by Crippen LogP contribution is 2.31. The standard InChI is InChI=1S/C26H26ClFN2O2S/c27-23-14-22(24(28)15-25(23)32-17-19-8-4-5-9-19)26(31)30-33-21-12-10-20(11-13-21)29-16-18-6-2-1-3-7-18/h1-3,6-7,10-15,19,29H,4-5,8-9,16-17H2,(H,30,31). The summed E-state index contributed by atoms with van der Waals surface area (Å²) < 4.78 is 23.0. The van der Waals surface area contributed by atoms with E-state index in [-0.39, 0.29) is 16.3 Å². The van der Waals surface area contributed by atoms with Crippen LogP contribution in [-0.2, 0) is 6.54 Å². The van der Waals surface area contributed by atoms with E-state index >= 15 is 0 Å². The summed E-state index contributed by atoms with van der Waals surface area (Å²) in [6, 6.07) is 20.3. The third-order valence-electron chi connectivity index (χ3n) is 5.67. The van der Waals surface area contributed by atoms with Crippen molar-refractivity contribution in [3.8, 4) is 5.75 Å². The van der Waals surface area contributed by atoms with E-state index in [1.165, 1.54) is 30.5 Å². The highest BCUT2D eigenvalue weighted by molar-refractivity contribution is 7.98. The van der Waals surface area contributed by atoms with Gasteiger partial charge in [0.25, 0.3) is 5.91 Å². The van der Waals surface area contributed by atoms with Gasteiger partial charge < -0.3 is 10.1 Å². The van der Waals surface area contributed by atoms with Crippen LogP contribution >= 0.6 is 23.5 Å². The van der Waals surface area contributed by atoms with Gasteiger partial charge in [0.2, 0.25) is 0 Å². The Morgan fingerprint density at radius 1 is 1.06 bits per heavy atom. The first-order valence-corrected chi connectivity index (χ1v) is 12.2. The molecule has 0 heterocycles. The molecule has 1 aliphatic rings. The molecule has 0 atom stereocenters. The number of anilines is 1. The highest BCUT2D eigenvalue weighted by atomic mass is 35.5. The molecule has 33 heavy (non-hydrogen) atoms. The van der Waals surface area contributed by atoms with Gasteiger partial charge in [0.1, 0.15) is 11.6 Å². The molecule has 1 saturated carbocycles. The Balaban J connectivity index is 1.29. The van der Waals surface area contributed by atoms with Crippen molar-refractivity contribution in [3.63, 3.8) is 0 Å². The molecular formula is C26H26ClFN2O2S. The number of benzene rings is 3. The van der Waals surface area contributed by atoms with Crippen LogP contribution in [0.1, 0.15) is 41.6 Å². The van der Waals surface area contributed by atoms with Crippen molar-refractivity contribution in [1.29, 1.82) is 0 Å². The summed E-state index contributed by atoms with van der Waals surface area (Å²) in [6.07, 6.45) is 4.67. The van der Waals surface area contributed by atoms with Gasteiger partial charge in [0.15, 0.2) is 0 Å². The average Bonchev–Trinajstić information content (AvgIpc) is 3.36. The van der Waals surface area contributed by atoms with Crippen molar-refractivity contribution in [3.05, 3.63) is 88.7 Å². The summed E-state index contributed by atoms with van der Waals surface area (Å²) in [6.45, 7) is 1.25. The van der Waals surface area contributed by atoms with Crippen molar-refractivity contribution in [2.24, 2.45) is 5.92 Å². The lowest BCUT2D eigenvalue weighted by Crippen LogP contribution is -2.17. The molecule has 4 rings (SSSR count). The molecule has 172 valence electrons. The first-order valence-electron chi connectivity index (χ1n) is 11.1. The summed E-state index contributed by atoms with van der Waals surface area (Å²) in [5.74, 6) is -0.431. The molecule has 0 saturated heterocycles. The number of hydrogen-bond acceptors (Lipinski definition) is 4. The lowest BCUT2D eigenvalue weighted by atomic mass is 10.1. The molecule has 4 nitrogen and oxygen atoms in total. The van der Waals surface area contributed by atoms with Crippen LogP contribution < -0.4 is 14.8 Å². The number of carbonyl (C=O) groups is 1. The van der Waals surface area contributed by atoms with Crippen LogP contribution in [0.15, 0.2) is 71.6 Å². The van der Waals surface area contributed by atoms with E-state index in [1.807, 2.05) is 42.5 Å². The maximum atomic E-state index is 14.6. The molecule has 7 heteroatoms. The molecule has 0 spiro atoms. The van der Waals surface area contributed by atoms with Gasteiger partial charge in [0, 0.05) is 23.2 Å². The predicted molar refractivity (Wildman–Crippen MR) is 132 cm³/mol. The van der Waals surface area contributed by atoms with E-state index in [0.29, 0.717) is 12.5 Å². The largest absolute Gasteiger partial charge is 0.492 e. The topological polar surface area (TPSA) is 50.4 Å². The number of amides is 1. The maximum Gasteiger partial charge on any atom is 0.264 e. The lowest BCUT2D eigenvalue weighted by molar-refractivity contribution is 0.0980. The monoisotopic (exact) mass is 484 g/mol. The fraction of sp³-hybridized carbons (Fsp3) is 0.269. The molecule has 0 aromatic heterocycles. The lowest BCUT2D eigenvalue weighted by Gasteiger charge is -2.14. The Morgan fingerprint density at radius 2 is 1.79 bits per heavy atom. The molecule has 1 amide bonds. The number of ether oxygens (including phenoxy) is 1. The number of nitrogens with one attached hydrogen (secondary N) is 2. The molecule has 3 aromatic carbocycles. The Hall–Kier alpha value is -2.70. The zero-order valence-electron chi connectivity index (χ0n) is 18.2. The number of rotatable bonds is 9. The van der Waals surface area contributed by atoms with Crippen LogP contribution in [0.25, 0.3) is 0 Å². The summed E-state index contributed by atoms with van der Waals surface area (Å²) in [7, 11) is 0. The average molecular weight is 485 g/mol. The molecule has 0 aliphatic heterocycles. The molecule has 2 N–H and O–H groups in total. The Kier molecular flexibility index (Phi) is 8.13. The normalized spacial score (nSPS) is 13.6. The summed E-state index contributed by atoms with van der Waals surface area (Å²) in [5, 5.41) is 3.59. The second kappa shape index (κ2) is 11.4. The van der Waals surface area contributed by atoms with Crippen molar-refractivity contribution in [2.75, 3.05) is 11.9 Å². The van der Waals surface area contributed by atoms with Crippen LogP contribution in [0.3, 0.4) is 0 Å². The Bertz CT molecular complexity index is 1070. The first-order chi connectivity index (χ1) is 16.1. The molecule has 0 bridgehead atoms. The van der Waals surface area contributed by atoms with E-state index in [1.54, 1.807) is 0 Å².